The van der Waals surface area contributed by atoms with Crippen molar-refractivity contribution in [2.24, 2.45) is 0 Å². The molecule has 0 radical (unpaired) electrons. The zero-order chi connectivity index (χ0) is 12.1. The molecule has 1 amide bonds. The molecule has 0 fully saturated rings. The van der Waals surface area contributed by atoms with E-state index in [1.807, 2.05) is 0 Å². The van der Waals surface area contributed by atoms with Gasteiger partial charge >= 0.3 is 0 Å². The van der Waals surface area contributed by atoms with E-state index in [2.05, 4.69) is 5.32 Å². The Bertz CT molecular complexity index is 393. The molecule has 4 nitrogen and oxygen atoms in total. The summed E-state index contributed by atoms with van der Waals surface area (Å²) in [5, 5.41) is 3.12. The lowest BCUT2D eigenvalue weighted by atomic mass is 10.2. The van der Waals surface area contributed by atoms with Gasteiger partial charge in [-0.1, -0.05) is 18.5 Å². The molecular formula is C11H14ClNO3. The van der Waals surface area contributed by atoms with Crippen molar-refractivity contribution in [3.63, 3.8) is 0 Å². The Balaban J connectivity index is 3.08. The summed E-state index contributed by atoms with van der Waals surface area (Å²) in [6.07, 6.45) is 0.396. The van der Waals surface area contributed by atoms with Crippen LogP contribution in [0, 0.1) is 0 Å². The van der Waals surface area contributed by atoms with E-state index in [0.29, 0.717) is 28.6 Å². The SMILES string of the molecule is CCC(=O)Nc1cc(Cl)c(OC)cc1OC. The molecule has 0 aliphatic rings. The van der Waals surface area contributed by atoms with E-state index in [1.54, 1.807) is 19.1 Å². The van der Waals surface area contributed by atoms with Crippen LogP contribution in [0.5, 0.6) is 11.5 Å². The van der Waals surface area contributed by atoms with Gasteiger partial charge in [0.2, 0.25) is 5.91 Å². The standard InChI is InChI=1S/C11H14ClNO3/c1-4-11(14)13-8-5-7(12)9(15-2)6-10(8)16-3/h5-6H,4H2,1-3H3,(H,13,14). The second kappa shape index (κ2) is 5.61. The molecule has 88 valence electrons. The monoisotopic (exact) mass is 243 g/mol. The second-order valence-electron chi connectivity index (χ2n) is 3.09. The Morgan fingerprint density at radius 3 is 2.44 bits per heavy atom. The molecule has 1 aromatic rings. The Kier molecular flexibility index (Phi) is 4.43. The lowest BCUT2D eigenvalue weighted by Crippen LogP contribution is -2.10. The maximum absolute atomic E-state index is 11.3. The van der Waals surface area contributed by atoms with E-state index in [-0.39, 0.29) is 5.91 Å². The van der Waals surface area contributed by atoms with Crippen LogP contribution in [0.25, 0.3) is 0 Å². The fraction of sp³-hybridized carbons (Fsp3) is 0.364. The third-order valence-corrected chi connectivity index (χ3v) is 2.36. The van der Waals surface area contributed by atoms with Crippen LogP contribution in [0.1, 0.15) is 13.3 Å². The van der Waals surface area contributed by atoms with Gasteiger partial charge in [-0.3, -0.25) is 4.79 Å². The van der Waals surface area contributed by atoms with Gasteiger partial charge in [0, 0.05) is 12.5 Å². The number of rotatable bonds is 4. The van der Waals surface area contributed by atoms with Crippen molar-refractivity contribution in [2.45, 2.75) is 13.3 Å². The summed E-state index contributed by atoms with van der Waals surface area (Å²) in [4.78, 5) is 11.3. The molecule has 0 heterocycles. The first-order valence-electron chi connectivity index (χ1n) is 4.83. The van der Waals surface area contributed by atoms with E-state index >= 15 is 0 Å². The van der Waals surface area contributed by atoms with E-state index < -0.39 is 0 Å². The first-order valence-corrected chi connectivity index (χ1v) is 5.21. The van der Waals surface area contributed by atoms with Gasteiger partial charge in [-0.15, -0.1) is 0 Å². The summed E-state index contributed by atoms with van der Waals surface area (Å²) >= 11 is 5.95. The molecule has 1 N–H and O–H groups in total. The van der Waals surface area contributed by atoms with Crippen molar-refractivity contribution >= 4 is 23.2 Å². The zero-order valence-corrected chi connectivity index (χ0v) is 10.2. The molecule has 0 aromatic heterocycles. The van der Waals surface area contributed by atoms with Crippen LogP contribution in [-0.4, -0.2) is 20.1 Å². The maximum atomic E-state index is 11.3. The number of nitrogens with one attached hydrogen (secondary N) is 1. The first-order chi connectivity index (χ1) is 7.62. The Morgan fingerprint density at radius 1 is 1.31 bits per heavy atom. The fourth-order valence-corrected chi connectivity index (χ4v) is 1.44. The normalized spacial score (nSPS) is 9.75. The number of ether oxygens (including phenoxy) is 2. The third kappa shape index (κ3) is 2.79. The number of benzene rings is 1. The van der Waals surface area contributed by atoms with Crippen LogP contribution < -0.4 is 14.8 Å². The highest BCUT2D eigenvalue weighted by Crippen LogP contribution is 2.35. The topological polar surface area (TPSA) is 47.6 Å². The molecule has 1 rings (SSSR count). The predicted molar refractivity (Wildman–Crippen MR) is 63.5 cm³/mol. The van der Waals surface area contributed by atoms with E-state index in [4.69, 9.17) is 21.1 Å². The number of hydrogen-bond acceptors (Lipinski definition) is 3. The second-order valence-corrected chi connectivity index (χ2v) is 3.50. The number of carbonyl (C=O) groups is 1. The summed E-state index contributed by atoms with van der Waals surface area (Å²) in [5.74, 6) is 0.926. The van der Waals surface area contributed by atoms with Gasteiger partial charge in [0.1, 0.15) is 11.5 Å². The van der Waals surface area contributed by atoms with Gasteiger partial charge in [-0.05, 0) is 6.07 Å². The molecule has 0 saturated heterocycles. The lowest BCUT2D eigenvalue weighted by Gasteiger charge is -2.12. The molecule has 0 unspecified atom stereocenters. The Labute approximate surface area is 99.5 Å². The summed E-state index contributed by atoms with van der Waals surface area (Å²) < 4.78 is 10.2. The molecule has 1 aromatic carbocycles. The molecular weight excluding hydrogens is 230 g/mol. The van der Waals surface area contributed by atoms with E-state index in [9.17, 15) is 4.79 Å². The summed E-state index contributed by atoms with van der Waals surface area (Å²) in [6, 6.07) is 3.24. The number of carbonyl (C=O) groups excluding carboxylic acids is 1. The van der Waals surface area contributed by atoms with Crippen LogP contribution in [0.3, 0.4) is 0 Å². The minimum absolute atomic E-state index is 0.0977. The third-order valence-electron chi connectivity index (χ3n) is 2.07. The summed E-state index contributed by atoms with van der Waals surface area (Å²) in [7, 11) is 3.04. The highest BCUT2D eigenvalue weighted by molar-refractivity contribution is 6.32. The molecule has 0 atom stereocenters. The molecule has 0 spiro atoms. The number of halogens is 1. The van der Waals surface area contributed by atoms with Crippen LogP contribution in [0.2, 0.25) is 5.02 Å². The molecule has 16 heavy (non-hydrogen) atoms. The Morgan fingerprint density at radius 2 is 1.94 bits per heavy atom. The van der Waals surface area contributed by atoms with Crippen molar-refractivity contribution in [3.8, 4) is 11.5 Å². The molecule has 0 saturated carbocycles. The smallest absolute Gasteiger partial charge is 0.224 e. The highest BCUT2D eigenvalue weighted by Gasteiger charge is 2.11. The zero-order valence-electron chi connectivity index (χ0n) is 9.46. The molecule has 0 aliphatic heterocycles. The van der Waals surface area contributed by atoms with Crippen molar-refractivity contribution in [1.29, 1.82) is 0 Å². The van der Waals surface area contributed by atoms with Gasteiger partial charge in [-0.2, -0.15) is 0 Å². The largest absolute Gasteiger partial charge is 0.495 e. The van der Waals surface area contributed by atoms with Crippen molar-refractivity contribution in [2.75, 3.05) is 19.5 Å². The molecule has 0 aliphatic carbocycles. The average molecular weight is 244 g/mol. The number of amides is 1. The van der Waals surface area contributed by atoms with Crippen LogP contribution in [-0.2, 0) is 4.79 Å². The number of hydrogen-bond donors (Lipinski definition) is 1. The van der Waals surface area contributed by atoms with E-state index in [1.165, 1.54) is 14.2 Å². The average Bonchev–Trinajstić information content (AvgIpc) is 2.29. The number of methoxy groups -OCH3 is 2. The fourth-order valence-electron chi connectivity index (χ4n) is 1.20. The van der Waals surface area contributed by atoms with Crippen molar-refractivity contribution < 1.29 is 14.3 Å². The van der Waals surface area contributed by atoms with Crippen LogP contribution in [0.15, 0.2) is 12.1 Å². The van der Waals surface area contributed by atoms with Gasteiger partial charge < -0.3 is 14.8 Å². The van der Waals surface area contributed by atoms with Crippen molar-refractivity contribution in [3.05, 3.63) is 17.2 Å². The maximum Gasteiger partial charge on any atom is 0.224 e. The van der Waals surface area contributed by atoms with Crippen LogP contribution >= 0.6 is 11.6 Å². The van der Waals surface area contributed by atoms with E-state index in [0.717, 1.165) is 0 Å². The minimum atomic E-state index is -0.0977. The Hall–Kier alpha value is -1.42. The quantitative estimate of drug-likeness (QED) is 0.885. The predicted octanol–water partition coefficient (Wildman–Crippen LogP) is 2.71. The van der Waals surface area contributed by atoms with Crippen LogP contribution in [0.4, 0.5) is 5.69 Å². The van der Waals surface area contributed by atoms with Crippen molar-refractivity contribution in [1.82, 2.24) is 0 Å². The van der Waals surface area contributed by atoms with Gasteiger partial charge in [0.25, 0.3) is 0 Å². The van der Waals surface area contributed by atoms with Gasteiger partial charge in [0.05, 0.1) is 24.9 Å². The summed E-state index contributed by atoms with van der Waals surface area (Å²) in [6.45, 7) is 1.77. The van der Waals surface area contributed by atoms with Gasteiger partial charge in [-0.25, -0.2) is 0 Å². The highest BCUT2D eigenvalue weighted by atomic mass is 35.5. The first kappa shape index (κ1) is 12.6. The summed E-state index contributed by atoms with van der Waals surface area (Å²) in [5.41, 5.74) is 0.542. The lowest BCUT2D eigenvalue weighted by molar-refractivity contribution is -0.115. The number of anilines is 1. The van der Waals surface area contributed by atoms with Gasteiger partial charge in [0.15, 0.2) is 0 Å². The molecule has 0 bridgehead atoms. The minimum Gasteiger partial charge on any atom is -0.495 e. The molecule has 5 heteroatoms.